The van der Waals surface area contributed by atoms with Crippen molar-refractivity contribution in [2.45, 2.75) is 19.9 Å². The molecule has 40 heavy (non-hydrogen) atoms. The molecule has 1 saturated heterocycles. The summed E-state index contributed by atoms with van der Waals surface area (Å²) in [6.07, 6.45) is 0.796. The summed E-state index contributed by atoms with van der Waals surface area (Å²) >= 11 is 6.32. The quantitative estimate of drug-likeness (QED) is 0.303. The highest BCUT2D eigenvalue weighted by atomic mass is 35.5. The molecule has 204 valence electrons. The first-order valence-corrected chi connectivity index (χ1v) is 13.9. The largest absolute Gasteiger partial charge is 0.353 e. The molecule has 0 N–H and O–H groups in total. The van der Waals surface area contributed by atoms with Crippen LogP contribution in [-0.2, 0) is 11.3 Å². The molecule has 1 aliphatic rings. The van der Waals surface area contributed by atoms with E-state index < -0.39 is 0 Å². The predicted octanol–water partition coefficient (Wildman–Crippen LogP) is 5.49. The maximum atomic E-state index is 13.6. The fourth-order valence-corrected chi connectivity index (χ4v) is 5.18. The first kappa shape index (κ1) is 27.3. The van der Waals surface area contributed by atoms with Gasteiger partial charge in [0.25, 0.3) is 5.91 Å². The van der Waals surface area contributed by atoms with E-state index in [-0.39, 0.29) is 18.4 Å². The summed E-state index contributed by atoms with van der Waals surface area (Å²) in [7, 11) is 0. The first-order valence-electron chi connectivity index (χ1n) is 13.5. The number of carbonyl (C=O) groups excluding carboxylic acids is 2. The van der Waals surface area contributed by atoms with E-state index in [2.05, 4.69) is 15.1 Å². The normalized spacial score (nSPS) is 13.6. The van der Waals surface area contributed by atoms with Crippen LogP contribution in [0.1, 0.15) is 27.9 Å². The van der Waals surface area contributed by atoms with Gasteiger partial charge < -0.3 is 14.7 Å². The molecule has 0 saturated carbocycles. The van der Waals surface area contributed by atoms with E-state index in [1.54, 1.807) is 4.90 Å². The maximum absolute atomic E-state index is 13.6. The lowest BCUT2D eigenvalue weighted by Gasteiger charge is -2.27. The summed E-state index contributed by atoms with van der Waals surface area (Å²) in [5.74, 6) is 0.575. The van der Waals surface area contributed by atoms with E-state index in [1.165, 1.54) is 0 Å². The molecule has 1 fully saturated rings. The van der Waals surface area contributed by atoms with Crippen LogP contribution in [-0.4, -0.2) is 64.5 Å². The Balaban J connectivity index is 1.26. The summed E-state index contributed by atoms with van der Waals surface area (Å²) in [5.41, 5.74) is 4.06. The van der Waals surface area contributed by atoms with Gasteiger partial charge in [-0.05, 0) is 48.7 Å². The second-order valence-electron chi connectivity index (χ2n) is 9.94. The Morgan fingerprint density at radius 1 is 0.825 bits per heavy atom. The molecule has 8 heteroatoms. The molecule has 2 amide bonds. The monoisotopic (exact) mass is 553 g/mol. The van der Waals surface area contributed by atoms with E-state index in [1.807, 2.05) is 103 Å². The standard InChI is InChI=1S/C32H32ClN5O2/c1-24-10-5-6-13-26(24)32(40)38(22-25-11-3-2-4-12-25)23-31(39)37-19-9-18-36(20-21-37)30-17-16-29(34-35-30)27-14-7-8-15-28(27)33/h2-8,10-17H,9,18-23H2,1H3. The molecule has 7 nitrogen and oxygen atoms in total. The van der Waals surface area contributed by atoms with Gasteiger partial charge in [-0.15, -0.1) is 10.2 Å². The molecular weight excluding hydrogens is 522 g/mol. The van der Waals surface area contributed by atoms with Gasteiger partial charge in [0, 0.05) is 43.9 Å². The summed E-state index contributed by atoms with van der Waals surface area (Å²) in [6, 6.07) is 28.7. The number of benzene rings is 3. The van der Waals surface area contributed by atoms with Gasteiger partial charge in [0.05, 0.1) is 10.7 Å². The fraction of sp³-hybridized carbons (Fsp3) is 0.250. The minimum Gasteiger partial charge on any atom is -0.353 e. The number of amides is 2. The van der Waals surface area contributed by atoms with E-state index in [0.29, 0.717) is 36.8 Å². The molecular formula is C32H32ClN5O2. The van der Waals surface area contributed by atoms with E-state index >= 15 is 0 Å². The highest BCUT2D eigenvalue weighted by Crippen LogP contribution is 2.26. The summed E-state index contributed by atoms with van der Waals surface area (Å²) in [6.45, 7) is 4.88. The summed E-state index contributed by atoms with van der Waals surface area (Å²) in [5, 5.41) is 9.49. The number of anilines is 1. The van der Waals surface area contributed by atoms with Gasteiger partial charge in [-0.25, -0.2) is 0 Å². The highest BCUT2D eigenvalue weighted by Gasteiger charge is 2.25. The Hall–Kier alpha value is -4.23. The molecule has 3 aromatic carbocycles. The Bertz CT molecular complexity index is 1460. The lowest BCUT2D eigenvalue weighted by atomic mass is 10.1. The molecule has 5 rings (SSSR count). The van der Waals surface area contributed by atoms with Crippen molar-refractivity contribution in [3.8, 4) is 11.3 Å². The SMILES string of the molecule is Cc1ccccc1C(=O)N(CC(=O)N1CCCN(c2ccc(-c3ccccc3Cl)nn2)CC1)Cc1ccccc1. The van der Waals surface area contributed by atoms with Crippen molar-refractivity contribution >= 4 is 29.2 Å². The first-order chi connectivity index (χ1) is 19.5. The van der Waals surface area contributed by atoms with Crippen LogP contribution < -0.4 is 4.90 Å². The lowest BCUT2D eigenvalue weighted by Crippen LogP contribution is -2.44. The van der Waals surface area contributed by atoms with Crippen molar-refractivity contribution in [1.29, 1.82) is 0 Å². The van der Waals surface area contributed by atoms with E-state index in [0.717, 1.165) is 41.2 Å². The highest BCUT2D eigenvalue weighted by molar-refractivity contribution is 6.33. The van der Waals surface area contributed by atoms with Gasteiger partial charge in [-0.3, -0.25) is 9.59 Å². The van der Waals surface area contributed by atoms with Crippen molar-refractivity contribution in [1.82, 2.24) is 20.0 Å². The Kier molecular flexibility index (Phi) is 8.71. The molecule has 0 unspecified atom stereocenters. The van der Waals surface area contributed by atoms with Crippen LogP contribution in [0.25, 0.3) is 11.3 Å². The third kappa shape index (κ3) is 6.49. The molecule has 0 bridgehead atoms. The zero-order valence-electron chi connectivity index (χ0n) is 22.5. The number of nitrogens with zero attached hydrogens (tertiary/aromatic N) is 5. The minimum absolute atomic E-state index is 0.0222. The van der Waals surface area contributed by atoms with Crippen LogP contribution in [0, 0.1) is 6.92 Å². The van der Waals surface area contributed by atoms with Gasteiger partial charge in [-0.1, -0.05) is 78.3 Å². The van der Waals surface area contributed by atoms with Crippen LogP contribution in [0.15, 0.2) is 91.0 Å². The predicted molar refractivity (Wildman–Crippen MR) is 158 cm³/mol. The molecule has 0 spiro atoms. The van der Waals surface area contributed by atoms with Crippen molar-refractivity contribution in [2.24, 2.45) is 0 Å². The van der Waals surface area contributed by atoms with Gasteiger partial charge in [0.1, 0.15) is 6.54 Å². The van der Waals surface area contributed by atoms with Crippen LogP contribution in [0.3, 0.4) is 0 Å². The number of carbonyl (C=O) groups is 2. The Morgan fingerprint density at radius 2 is 1.57 bits per heavy atom. The van der Waals surface area contributed by atoms with E-state index in [9.17, 15) is 9.59 Å². The van der Waals surface area contributed by atoms with Gasteiger partial charge >= 0.3 is 0 Å². The number of aromatic nitrogens is 2. The third-order valence-electron chi connectivity index (χ3n) is 7.18. The fourth-order valence-electron chi connectivity index (χ4n) is 4.95. The average molecular weight is 554 g/mol. The molecule has 0 atom stereocenters. The molecule has 1 aliphatic heterocycles. The maximum Gasteiger partial charge on any atom is 0.254 e. The molecule has 2 heterocycles. The second-order valence-corrected chi connectivity index (χ2v) is 10.3. The van der Waals surface area contributed by atoms with Crippen LogP contribution in [0.2, 0.25) is 5.02 Å². The van der Waals surface area contributed by atoms with Crippen molar-refractivity contribution in [2.75, 3.05) is 37.6 Å². The smallest absolute Gasteiger partial charge is 0.254 e. The molecule has 0 radical (unpaired) electrons. The Morgan fingerprint density at radius 3 is 2.33 bits per heavy atom. The number of hydrogen-bond donors (Lipinski definition) is 0. The second kappa shape index (κ2) is 12.7. The van der Waals surface area contributed by atoms with Crippen LogP contribution in [0.4, 0.5) is 5.82 Å². The zero-order chi connectivity index (χ0) is 27.9. The topological polar surface area (TPSA) is 69.6 Å². The molecule has 4 aromatic rings. The minimum atomic E-state index is -0.138. The van der Waals surface area contributed by atoms with Gasteiger partial charge in [-0.2, -0.15) is 0 Å². The van der Waals surface area contributed by atoms with Crippen molar-refractivity contribution in [3.63, 3.8) is 0 Å². The lowest BCUT2D eigenvalue weighted by molar-refractivity contribution is -0.131. The average Bonchev–Trinajstić information content (AvgIpc) is 3.24. The third-order valence-corrected chi connectivity index (χ3v) is 7.51. The van der Waals surface area contributed by atoms with Gasteiger partial charge in [0.15, 0.2) is 5.82 Å². The van der Waals surface area contributed by atoms with E-state index in [4.69, 9.17) is 11.6 Å². The number of aryl methyl sites for hydroxylation is 1. The zero-order valence-corrected chi connectivity index (χ0v) is 23.3. The number of hydrogen-bond acceptors (Lipinski definition) is 5. The van der Waals surface area contributed by atoms with Crippen LogP contribution >= 0.6 is 11.6 Å². The molecule has 0 aliphatic carbocycles. The molecule has 1 aromatic heterocycles. The van der Waals surface area contributed by atoms with Gasteiger partial charge in [0.2, 0.25) is 5.91 Å². The summed E-state index contributed by atoms with van der Waals surface area (Å²) in [4.78, 5) is 32.7. The van der Waals surface area contributed by atoms with Crippen molar-refractivity contribution in [3.05, 3.63) is 113 Å². The summed E-state index contributed by atoms with van der Waals surface area (Å²) < 4.78 is 0. The van der Waals surface area contributed by atoms with Crippen molar-refractivity contribution < 1.29 is 9.59 Å². The Labute approximate surface area is 240 Å². The van der Waals surface area contributed by atoms with Crippen LogP contribution in [0.5, 0.6) is 0 Å². The number of halogens is 1. The number of rotatable bonds is 7.